The van der Waals surface area contributed by atoms with Gasteiger partial charge in [0.2, 0.25) is 0 Å². The van der Waals surface area contributed by atoms with Gasteiger partial charge in [0.25, 0.3) is 0 Å². The van der Waals surface area contributed by atoms with Crippen LogP contribution in [0.25, 0.3) is 0 Å². The second-order valence-corrected chi connectivity index (χ2v) is 4.46. The third kappa shape index (κ3) is 4.08. The molecule has 2 nitrogen and oxygen atoms in total. The van der Waals surface area contributed by atoms with Gasteiger partial charge in [0.15, 0.2) is 0 Å². The van der Waals surface area contributed by atoms with Crippen molar-refractivity contribution in [2.24, 2.45) is 0 Å². The maximum absolute atomic E-state index is 5.63. The second-order valence-electron chi connectivity index (χ2n) is 4.09. The number of rotatable bonds is 5. The topological polar surface area (TPSA) is 17.8 Å². The minimum Gasteiger partial charge on any atom is -0.270 e. The first kappa shape index (κ1) is 12.3. The summed E-state index contributed by atoms with van der Waals surface area (Å²) in [5.41, 5.74) is 2.47. The fraction of sp³-hybridized carbons (Fsp3) is 0.583. The van der Waals surface area contributed by atoms with Crippen molar-refractivity contribution >= 4 is 11.6 Å². The van der Waals surface area contributed by atoms with Gasteiger partial charge in [-0.3, -0.25) is 4.68 Å². The maximum Gasteiger partial charge on any atom is 0.0664 e. The average Bonchev–Trinajstić information content (AvgIpc) is 2.63. The summed E-state index contributed by atoms with van der Waals surface area (Å²) in [7, 11) is 0. The third-order valence-corrected chi connectivity index (χ3v) is 2.47. The molecule has 3 heteroatoms. The van der Waals surface area contributed by atoms with Gasteiger partial charge in [0.1, 0.15) is 0 Å². The Labute approximate surface area is 96.9 Å². The van der Waals surface area contributed by atoms with Crippen LogP contribution in [0, 0.1) is 0 Å². The van der Waals surface area contributed by atoms with Crippen LogP contribution in [0.1, 0.15) is 38.9 Å². The highest BCUT2D eigenvalue weighted by Crippen LogP contribution is 2.09. The number of allylic oxidation sites excluding steroid dienone is 2. The highest BCUT2D eigenvalue weighted by Gasteiger charge is 2.02. The molecule has 0 unspecified atom stereocenters. The van der Waals surface area contributed by atoms with E-state index in [-0.39, 0.29) is 0 Å². The van der Waals surface area contributed by atoms with E-state index in [0.717, 1.165) is 18.5 Å². The Hall–Kier alpha value is -0.760. The fourth-order valence-corrected chi connectivity index (χ4v) is 1.53. The van der Waals surface area contributed by atoms with Gasteiger partial charge in [-0.25, -0.2) is 0 Å². The molecular weight excluding hydrogens is 208 g/mol. The normalized spacial score (nSPS) is 12.5. The number of hydrogen-bond acceptors (Lipinski definition) is 1. The fourth-order valence-electron chi connectivity index (χ4n) is 1.42. The molecule has 1 aromatic rings. The highest BCUT2D eigenvalue weighted by atomic mass is 35.5. The Morgan fingerprint density at radius 2 is 2.33 bits per heavy atom. The van der Waals surface area contributed by atoms with E-state index < -0.39 is 0 Å². The first-order valence-electron chi connectivity index (χ1n) is 5.39. The van der Waals surface area contributed by atoms with Crippen LogP contribution in [-0.2, 0) is 6.42 Å². The van der Waals surface area contributed by atoms with Gasteiger partial charge < -0.3 is 0 Å². The number of nitrogens with zero attached hydrogens (tertiary/aromatic N) is 2. The van der Waals surface area contributed by atoms with Crippen molar-refractivity contribution in [3.05, 3.63) is 29.6 Å². The Morgan fingerprint density at radius 1 is 1.60 bits per heavy atom. The van der Waals surface area contributed by atoms with Gasteiger partial charge in [0.05, 0.1) is 5.69 Å². The van der Waals surface area contributed by atoms with Crippen molar-refractivity contribution in [3.63, 3.8) is 0 Å². The van der Waals surface area contributed by atoms with E-state index in [4.69, 9.17) is 11.6 Å². The summed E-state index contributed by atoms with van der Waals surface area (Å²) in [4.78, 5) is 0. The lowest BCUT2D eigenvalue weighted by molar-refractivity contribution is 0.527. The van der Waals surface area contributed by atoms with Crippen molar-refractivity contribution in [2.75, 3.05) is 5.88 Å². The molecule has 0 aliphatic carbocycles. The summed E-state index contributed by atoms with van der Waals surface area (Å²) in [6.45, 7) is 6.39. The molecule has 0 fully saturated rings. The van der Waals surface area contributed by atoms with Crippen LogP contribution in [0.3, 0.4) is 0 Å². The SMILES string of the molecule is CC(=CCCCl)Cc1ccn(C(C)C)n1. The second kappa shape index (κ2) is 5.96. The molecule has 0 aromatic carbocycles. The number of hydrogen-bond donors (Lipinski definition) is 0. The summed E-state index contributed by atoms with van der Waals surface area (Å²) in [6, 6.07) is 2.52. The first-order valence-corrected chi connectivity index (χ1v) is 5.92. The molecule has 1 rings (SSSR count). The molecule has 0 atom stereocenters. The number of halogens is 1. The number of alkyl halides is 1. The van der Waals surface area contributed by atoms with E-state index >= 15 is 0 Å². The van der Waals surface area contributed by atoms with Gasteiger partial charge in [-0.05, 0) is 33.3 Å². The lowest BCUT2D eigenvalue weighted by Crippen LogP contribution is -2.01. The first-order chi connectivity index (χ1) is 7.13. The summed E-state index contributed by atoms with van der Waals surface area (Å²) in [6.07, 6.45) is 6.09. The minimum atomic E-state index is 0.436. The van der Waals surface area contributed by atoms with Gasteiger partial charge in [-0.1, -0.05) is 11.6 Å². The minimum absolute atomic E-state index is 0.436. The Bertz CT molecular complexity index is 326. The zero-order chi connectivity index (χ0) is 11.3. The molecular formula is C12H19ClN2. The standard InChI is InChI=1S/C12H19ClN2/c1-10(2)15-8-6-12(14-15)9-11(3)5-4-7-13/h5-6,8,10H,4,7,9H2,1-3H3. The van der Waals surface area contributed by atoms with Crippen LogP contribution >= 0.6 is 11.6 Å². The molecule has 0 aliphatic rings. The third-order valence-electron chi connectivity index (χ3n) is 2.25. The predicted molar refractivity (Wildman–Crippen MR) is 65.4 cm³/mol. The zero-order valence-electron chi connectivity index (χ0n) is 9.70. The molecule has 0 bridgehead atoms. The summed E-state index contributed by atoms with van der Waals surface area (Å²) >= 11 is 5.63. The smallest absolute Gasteiger partial charge is 0.0664 e. The summed E-state index contributed by atoms with van der Waals surface area (Å²) in [5.74, 6) is 0.692. The van der Waals surface area contributed by atoms with Crippen LogP contribution in [0.5, 0.6) is 0 Å². The molecule has 0 radical (unpaired) electrons. The molecule has 0 N–H and O–H groups in total. The monoisotopic (exact) mass is 226 g/mol. The van der Waals surface area contributed by atoms with Crippen molar-refractivity contribution in [2.45, 2.75) is 39.7 Å². The van der Waals surface area contributed by atoms with E-state index in [1.807, 2.05) is 10.9 Å². The van der Waals surface area contributed by atoms with Crippen molar-refractivity contribution in [1.29, 1.82) is 0 Å². The molecule has 0 saturated carbocycles. The molecule has 1 aromatic heterocycles. The summed E-state index contributed by atoms with van der Waals surface area (Å²) < 4.78 is 1.99. The van der Waals surface area contributed by atoms with Crippen molar-refractivity contribution in [3.8, 4) is 0 Å². The molecule has 0 spiro atoms. The molecule has 1 heterocycles. The molecule has 0 saturated heterocycles. The van der Waals surface area contributed by atoms with Gasteiger partial charge >= 0.3 is 0 Å². The van der Waals surface area contributed by atoms with Crippen LogP contribution in [0.2, 0.25) is 0 Å². The van der Waals surface area contributed by atoms with Gasteiger partial charge in [-0.15, -0.1) is 11.6 Å². The van der Waals surface area contributed by atoms with E-state index in [9.17, 15) is 0 Å². The quantitative estimate of drug-likeness (QED) is 0.554. The maximum atomic E-state index is 5.63. The molecule has 0 aliphatic heterocycles. The van der Waals surface area contributed by atoms with Crippen LogP contribution in [0.4, 0.5) is 0 Å². The average molecular weight is 227 g/mol. The Kier molecular flexibility index (Phi) is 4.89. The van der Waals surface area contributed by atoms with Crippen LogP contribution < -0.4 is 0 Å². The van der Waals surface area contributed by atoms with E-state index in [1.165, 1.54) is 5.57 Å². The Balaban J connectivity index is 2.57. The molecule has 0 amide bonds. The van der Waals surface area contributed by atoms with Crippen LogP contribution in [0.15, 0.2) is 23.9 Å². The van der Waals surface area contributed by atoms with Gasteiger partial charge in [0, 0.05) is 24.5 Å². The zero-order valence-corrected chi connectivity index (χ0v) is 10.5. The van der Waals surface area contributed by atoms with E-state index in [1.54, 1.807) is 0 Å². The van der Waals surface area contributed by atoms with Crippen LogP contribution in [-0.4, -0.2) is 15.7 Å². The predicted octanol–water partition coefficient (Wildman–Crippen LogP) is 3.58. The van der Waals surface area contributed by atoms with E-state index in [2.05, 4.69) is 38.0 Å². The lowest BCUT2D eigenvalue weighted by Gasteiger charge is -2.03. The number of aromatic nitrogens is 2. The molecule has 15 heavy (non-hydrogen) atoms. The Morgan fingerprint density at radius 3 is 2.87 bits per heavy atom. The lowest BCUT2D eigenvalue weighted by atomic mass is 10.1. The van der Waals surface area contributed by atoms with Gasteiger partial charge in [-0.2, -0.15) is 5.10 Å². The largest absolute Gasteiger partial charge is 0.270 e. The van der Waals surface area contributed by atoms with Crippen molar-refractivity contribution < 1.29 is 0 Å². The highest BCUT2D eigenvalue weighted by molar-refractivity contribution is 6.17. The molecule has 84 valence electrons. The summed E-state index contributed by atoms with van der Waals surface area (Å²) in [5, 5.41) is 4.50. The van der Waals surface area contributed by atoms with E-state index in [0.29, 0.717) is 11.9 Å². The van der Waals surface area contributed by atoms with Crippen molar-refractivity contribution in [1.82, 2.24) is 9.78 Å².